The summed E-state index contributed by atoms with van der Waals surface area (Å²) in [4.78, 5) is 15.6. The molecular weight excluding hydrogens is 196 g/mol. The molecule has 2 aromatic rings. The number of nitrogens with zero attached hydrogens (tertiary/aromatic N) is 2. The van der Waals surface area contributed by atoms with Crippen LogP contribution in [0.4, 0.5) is 0 Å². The molecule has 0 aliphatic carbocycles. The fraction of sp³-hybridized carbons (Fsp3) is 0.200. The molecule has 0 aromatic carbocycles. The normalized spacial score (nSPS) is 10.3. The number of aromatic nitrogens is 2. The summed E-state index contributed by atoms with van der Waals surface area (Å²) < 4.78 is 11.5. The molecule has 0 saturated heterocycles. The average molecular weight is 206 g/mol. The number of rotatable bonds is 2. The van der Waals surface area contributed by atoms with E-state index in [1.807, 2.05) is 0 Å². The third-order valence-corrected chi connectivity index (χ3v) is 2.13. The smallest absolute Gasteiger partial charge is 0.345 e. The van der Waals surface area contributed by atoms with Gasteiger partial charge in [0.05, 0.1) is 14.2 Å². The minimum Gasteiger partial charge on any atom is -0.496 e. The average Bonchev–Trinajstić information content (AvgIpc) is 2.74. The lowest BCUT2D eigenvalue weighted by Gasteiger charge is -2.07. The van der Waals surface area contributed by atoms with E-state index < -0.39 is 5.97 Å². The number of carbonyl (C=O) groups excluding carboxylic acids is 1. The highest BCUT2D eigenvalue weighted by Crippen LogP contribution is 2.22. The highest BCUT2D eigenvalue weighted by atomic mass is 16.5. The quantitative estimate of drug-likeness (QED) is 0.691. The van der Waals surface area contributed by atoms with E-state index in [1.165, 1.54) is 14.2 Å². The summed E-state index contributed by atoms with van der Waals surface area (Å²) in [5.74, 6) is 0.00389. The largest absolute Gasteiger partial charge is 0.496 e. The van der Waals surface area contributed by atoms with Crippen LogP contribution in [0.25, 0.3) is 5.65 Å². The highest BCUT2D eigenvalue weighted by Gasteiger charge is 2.18. The summed E-state index contributed by atoms with van der Waals surface area (Å²) in [6.07, 6.45) is 5.13. The second-order valence-electron chi connectivity index (χ2n) is 2.91. The predicted molar refractivity (Wildman–Crippen MR) is 53.1 cm³/mol. The Morgan fingerprint density at radius 1 is 1.40 bits per heavy atom. The Kier molecular flexibility index (Phi) is 2.29. The van der Waals surface area contributed by atoms with E-state index in [9.17, 15) is 4.79 Å². The first kappa shape index (κ1) is 9.51. The number of pyridine rings is 1. The van der Waals surface area contributed by atoms with Crippen LogP contribution in [-0.4, -0.2) is 29.6 Å². The Hall–Kier alpha value is -2.04. The van der Waals surface area contributed by atoms with Gasteiger partial charge >= 0.3 is 5.97 Å². The zero-order chi connectivity index (χ0) is 10.8. The van der Waals surface area contributed by atoms with Gasteiger partial charge in [0.1, 0.15) is 11.3 Å². The van der Waals surface area contributed by atoms with E-state index in [-0.39, 0.29) is 0 Å². The molecule has 2 heterocycles. The van der Waals surface area contributed by atoms with Gasteiger partial charge < -0.3 is 13.9 Å². The Morgan fingerprint density at radius 3 is 2.87 bits per heavy atom. The molecule has 0 atom stereocenters. The van der Waals surface area contributed by atoms with Crippen molar-refractivity contribution in [3.63, 3.8) is 0 Å². The molecule has 0 aliphatic rings. The summed E-state index contributed by atoms with van der Waals surface area (Å²) in [5.41, 5.74) is 0.869. The molecule has 0 aliphatic heterocycles. The maximum atomic E-state index is 11.5. The van der Waals surface area contributed by atoms with Crippen molar-refractivity contribution in [2.24, 2.45) is 0 Å². The maximum absolute atomic E-state index is 11.5. The molecule has 78 valence electrons. The van der Waals surface area contributed by atoms with Gasteiger partial charge in [0.25, 0.3) is 0 Å². The standard InChI is InChI=1S/C10H10N2O3/c1-14-7-3-5-12-6-4-11-9(12)8(7)10(13)15-2/h3-6H,1-2H3. The molecule has 2 rings (SSSR count). The second-order valence-corrected chi connectivity index (χ2v) is 2.91. The van der Waals surface area contributed by atoms with E-state index in [1.54, 1.807) is 29.1 Å². The van der Waals surface area contributed by atoms with Crippen molar-refractivity contribution < 1.29 is 14.3 Å². The van der Waals surface area contributed by atoms with Crippen molar-refractivity contribution in [1.82, 2.24) is 9.38 Å². The summed E-state index contributed by atoms with van der Waals surface area (Å²) in [7, 11) is 2.83. The van der Waals surface area contributed by atoms with E-state index in [0.29, 0.717) is 17.0 Å². The lowest BCUT2D eigenvalue weighted by atomic mass is 10.2. The highest BCUT2D eigenvalue weighted by molar-refractivity contribution is 5.98. The van der Waals surface area contributed by atoms with E-state index in [0.717, 1.165) is 0 Å². The van der Waals surface area contributed by atoms with E-state index in [4.69, 9.17) is 4.74 Å². The van der Waals surface area contributed by atoms with Gasteiger partial charge in [-0.2, -0.15) is 0 Å². The number of carbonyl (C=O) groups is 1. The van der Waals surface area contributed by atoms with Crippen LogP contribution < -0.4 is 4.74 Å². The molecule has 0 unspecified atom stereocenters. The van der Waals surface area contributed by atoms with E-state index in [2.05, 4.69) is 9.72 Å². The molecule has 0 saturated carbocycles. The molecule has 0 bridgehead atoms. The molecule has 0 fully saturated rings. The molecule has 0 radical (unpaired) electrons. The van der Waals surface area contributed by atoms with Crippen molar-refractivity contribution in [3.8, 4) is 5.75 Å². The van der Waals surface area contributed by atoms with Crippen LogP contribution in [0.2, 0.25) is 0 Å². The van der Waals surface area contributed by atoms with Crippen LogP contribution in [0.3, 0.4) is 0 Å². The van der Waals surface area contributed by atoms with Crippen molar-refractivity contribution >= 4 is 11.6 Å². The van der Waals surface area contributed by atoms with E-state index >= 15 is 0 Å². The second kappa shape index (κ2) is 3.61. The summed E-state index contributed by atoms with van der Waals surface area (Å²) in [5, 5.41) is 0. The van der Waals surface area contributed by atoms with Crippen molar-refractivity contribution in [2.75, 3.05) is 14.2 Å². The van der Waals surface area contributed by atoms with Gasteiger partial charge in [-0.25, -0.2) is 9.78 Å². The number of esters is 1. The summed E-state index contributed by atoms with van der Waals surface area (Å²) in [6, 6.07) is 1.70. The first-order valence-electron chi connectivity index (χ1n) is 4.36. The van der Waals surface area contributed by atoms with Crippen LogP contribution in [-0.2, 0) is 4.74 Å². The van der Waals surface area contributed by atoms with Gasteiger partial charge in [-0.05, 0) is 6.07 Å². The van der Waals surface area contributed by atoms with Crippen LogP contribution >= 0.6 is 0 Å². The molecule has 5 heteroatoms. The third kappa shape index (κ3) is 1.41. The fourth-order valence-corrected chi connectivity index (χ4v) is 1.43. The van der Waals surface area contributed by atoms with Crippen LogP contribution in [0.5, 0.6) is 5.75 Å². The summed E-state index contributed by atoms with van der Waals surface area (Å²) >= 11 is 0. The molecule has 5 nitrogen and oxygen atoms in total. The van der Waals surface area contributed by atoms with Crippen LogP contribution in [0, 0.1) is 0 Å². The number of fused-ring (bicyclic) bond motifs is 1. The third-order valence-electron chi connectivity index (χ3n) is 2.13. The minimum absolute atomic E-state index is 0.340. The van der Waals surface area contributed by atoms with Gasteiger partial charge in [0.2, 0.25) is 0 Å². The Morgan fingerprint density at radius 2 is 2.20 bits per heavy atom. The fourth-order valence-electron chi connectivity index (χ4n) is 1.43. The molecule has 0 amide bonds. The molecular formula is C10H10N2O3. The van der Waals surface area contributed by atoms with Crippen LogP contribution in [0.15, 0.2) is 24.7 Å². The molecule has 2 aromatic heterocycles. The van der Waals surface area contributed by atoms with Crippen molar-refractivity contribution in [2.45, 2.75) is 0 Å². The SMILES string of the molecule is COC(=O)c1c(OC)ccn2ccnc12. The van der Waals surface area contributed by atoms with Crippen molar-refractivity contribution in [3.05, 3.63) is 30.2 Å². The van der Waals surface area contributed by atoms with Gasteiger partial charge in [-0.15, -0.1) is 0 Å². The maximum Gasteiger partial charge on any atom is 0.345 e. The van der Waals surface area contributed by atoms with Gasteiger partial charge in [0, 0.05) is 18.6 Å². The summed E-state index contributed by atoms with van der Waals surface area (Å²) in [6.45, 7) is 0. The van der Waals surface area contributed by atoms with Gasteiger partial charge in [0.15, 0.2) is 5.65 Å². The van der Waals surface area contributed by atoms with Crippen molar-refractivity contribution in [1.29, 1.82) is 0 Å². The lowest BCUT2D eigenvalue weighted by molar-refractivity contribution is 0.0598. The lowest BCUT2D eigenvalue weighted by Crippen LogP contribution is -2.07. The molecule has 15 heavy (non-hydrogen) atoms. The molecule has 0 N–H and O–H groups in total. The first-order chi connectivity index (χ1) is 7.27. The Labute approximate surface area is 86.3 Å². The minimum atomic E-state index is -0.455. The zero-order valence-electron chi connectivity index (χ0n) is 8.43. The number of hydrogen-bond donors (Lipinski definition) is 0. The topological polar surface area (TPSA) is 52.8 Å². The first-order valence-corrected chi connectivity index (χ1v) is 4.36. The number of hydrogen-bond acceptors (Lipinski definition) is 4. The monoisotopic (exact) mass is 206 g/mol. The zero-order valence-corrected chi connectivity index (χ0v) is 8.43. The Bertz CT molecular complexity index is 504. The molecule has 0 spiro atoms. The predicted octanol–water partition coefficient (Wildman–Crippen LogP) is 1.13. The van der Waals surface area contributed by atoms with Gasteiger partial charge in [-0.3, -0.25) is 0 Å². The van der Waals surface area contributed by atoms with Crippen LogP contribution in [0.1, 0.15) is 10.4 Å². The Balaban J connectivity index is 2.74. The number of ether oxygens (including phenoxy) is 2. The number of imidazole rings is 1. The van der Waals surface area contributed by atoms with Gasteiger partial charge in [-0.1, -0.05) is 0 Å². The number of methoxy groups -OCH3 is 2.